The summed E-state index contributed by atoms with van der Waals surface area (Å²) in [5.41, 5.74) is 0.750. The summed E-state index contributed by atoms with van der Waals surface area (Å²) in [6.45, 7) is 2.99. The average molecular weight is 249 g/mol. The Hall–Kier alpha value is -0.900. The largest absolute Gasteiger partial charge is 0.387 e. The molecule has 2 rings (SSSR count). The van der Waals surface area contributed by atoms with Gasteiger partial charge in [-0.15, -0.1) is 0 Å². The minimum Gasteiger partial charge on any atom is -0.387 e. The van der Waals surface area contributed by atoms with Crippen molar-refractivity contribution in [3.05, 3.63) is 35.9 Å². The monoisotopic (exact) mass is 249 g/mol. The van der Waals surface area contributed by atoms with Gasteiger partial charge in [-0.1, -0.05) is 30.3 Å². The van der Waals surface area contributed by atoms with Crippen molar-refractivity contribution in [2.45, 2.75) is 31.3 Å². The van der Waals surface area contributed by atoms with Gasteiger partial charge in [0.25, 0.3) is 0 Å². The summed E-state index contributed by atoms with van der Waals surface area (Å²) in [6.07, 6.45) is 3.65. The molecule has 3 heteroatoms. The van der Waals surface area contributed by atoms with Gasteiger partial charge in [-0.25, -0.2) is 0 Å². The van der Waals surface area contributed by atoms with Gasteiger partial charge in [0, 0.05) is 6.61 Å². The molecule has 1 aliphatic heterocycles. The zero-order valence-corrected chi connectivity index (χ0v) is 10.9. The van der Waals surface area contributed by atoms with Crippen LogP contribution in [0.5, 0.6) is 0 Å². The summed E-state index contributed by atoms with van der Waals surface area (Å²) < 4.78 is 5.62. The van der Waals surface area contributed by atoms with Crippen molar-refractivity contribution in [1.82, 2.24) is 5.32 Å². The van der Waals surface area contributed by atoms with Crippen molar-refractivity contribution in [1.29, 1.82) is 0 Å². The molecule has 0 amide bonds. The lowest BCUT2D eigenvalue weighted by Crippen LogP contribution is -2.45. The number of ether oxygens (including phenoxy) is 1. The van der Waals surface area contributed by atoms with E-state index in [0.29, 0.717) is 6.61 Å². The van der Waals surface area contributed by atoms with Crippen molar-refractivity contribution >= 4 is 0 Å². The average Bonchev–Trinajstić information content (AvgIpc) is 2.40. The number of nitrogens with one attached hydrogen (secondary N) is 1. The highest BCUT2D eigenvalue weighted by Gasteiger charge is 2.28. The van der Waals surface area contributed by atoms with Crippen LogP contribution < -0.4 is 5.32 Å². The first-order valence-corrected chi connectivity index (χ1v) is 6.83. The highest BCUT2D eigenvalue weighted by Crippen LogP contribution is 2.18. The van der Waals surface area contributed by atoms with Crippen molar-refractivity contribution in [3.8, 4) is 0 Å². The van der Waals surface area contributed by atoms with E-state index in [1.54, 1.807) is 0 Å². The molecule has 0 aliphatic carbocycles. The molecular formula is C15H23NO2. The van der Waals surface area contributed by atoms with Crippen LogP contribution >= 0.6 is 0 Å². The summed E-state index contributed by atoms with van der Waals surface area (Å²) in [5, 5.41) is 13.5. The van der Waals surface area contributed by atoms with E-state index in [4.69, 9.17) is 4.74 Å². The Morgan fingerprint density at radius 2 is 1.89 bits per heavy atom. The normalized spacial score (nSPS) is 18.7. The van der Waals surface area contributed by atoms with Gasteiger partial charge in [-0.05, 0) is 44.3 Å². The molecule has 1 aliphatic rings. The van der Waals surface area contributed by atoms with Crippen molar-refractivity contribution in [2.75, 3.05) is 26.3 Å². The van der Waals surface area contributed by atoms with Gasteiger partial charge in [0.05, 0.1) is 12.2 Å². The van der Waals surface area contributed by atoms with E-state index in [0.717, 1.165) is 45.4 Å². The second-order valence-corrected chi connectivity index (χ2v) is 5.12. The van der Waals surface area contributed by atoms with Gasteiger partial charge in [0.1, 0.15) is 0 Å². The van der Waals surface area contributed by atoms with Gasteiger partial charge < -0.3 is 15.2 Å². The third kappa shape index (κ3) is 4.41. The first-order valence-electron chi connectivity index (χ1n) is 6.83. The summed E-state index contributed by atoms with van der Waals surface area (Å²) in [6, 6.07) is 10.4. The van der Waals surface area contributed by atoms with E-state index in [2.05, 4.69) is 29.6 Å². The number of hydrogen-bond acceptors (Lipinski definition) is 3. The number of aliphatic hydroxyl groups is 1. The van der Waals surface area contributed by atoms with E-state index in [1.807, 2.05) is 6.07 Å². The van der Waals surface area contributed by atoms with Crippen LogP contribution in [0.2, 0.25) is 0 Å². The van der Waals surface area contributed by atoms with Gasteiger partial charge >= 0.3 is 0 Å². The van der Waals surface area contributed by atoms with Crippen LogP contribution in [0, 0.1) is 0 Å². The molecule has 0 saturated carbocycles. The lowest BCUT2D eigenvalue weighted by molar-refractivity contribution is -0.0643. The number of piperidine rings is 1. The molecule has 0 aromatic heterocycles. The van der Waals surface area contributed by atoms with E-state index in [1.165, 1.54) is 5.56 Å². The molecular weight excluding hydrogens is 226 g/mol. The van der Waals surface area contributed by atoms with Crippen LogP contribution in [0.4, 0.5) is 0 Å². The Balaban J connectivity index is 1.58. The fourth-order valence-corrected chi connectivity index (χ4v) is 2.32. The van der Waals surface area contributed by atoms with Crippen LogP contribution in [-0.4, -0.2) is 37.0 Å². The van der Waals surface area contributed by atoms with Gasteiger partial charge in [-0.3, -0.25) is 0 Å². The molecule has 0 spiro atoms. The first kappa shape index (κ1) is 13.5. The zero-order valence-electron chi connectivity index (χ0n) is 10.9. The Kier molecular flexibility index (Phi) is 5.17. The van der Waals surface area contributed by atoms with Crippen LogP contribution in [0.25, 0.3) is 0 Å². The SMILES string of the molecule is OC1(COCCCc2ccccc2)CCNCC1. The van der Waals surface area contributed by atoms with E-state index in [9.17, 15) is 5.11 Å². The Bertz CT molecular complexity index is 334. The minimum absolute atomic E-state index is 0.476. The van der Waals surface area contributed by atoms with Gasteiger partial charge in [0.15, 0.2) is 0 Å². The quantitative estimate of drug-likeness (QED) is 0.755. The maximum absolute atomic E-state index is 10.2. The molecule has 0 radical (unpaired) electrons. The van der Waals surface area contributed by atoms with Crippen molar-refractivity contribution in [2.24, 2.45) is 0 Å². The second kappa shape index (κ2) is 6.88. The first-order chi connectivity index (χ1) is 8.79. The third-order valence-electron chi connectivity index (χ3n) is 3.50. The maximum Gasteiger partial charge on any atom is 0.0904 e. The van der Waals surface area contributed by atoms with Crippen LogP contribution in [-0.2, 0) is 11.2 Å². The smallest absolute Gasteiger partial charge is 0.0904 e. The standard InChI is InChI=1S/C15H23NO2/c17-15(8-10-16-11-9-15)13-18-12-4-7-14-5-2-1-3-6-14/h1-3,5-6,16-17H,4,7-13H2. The van der Waals surface area contributed by atoms with Crippen molar-refractivity contribution in [3.63, 3.8) is 0 Å². The summed E-state index contributed by atoms with van der Waals surface area (Å²) in [7, 11) is 0. The molecule has 1 fully saturated rings. The Labute approximate surface area is 109 Å². The summed E-state index contributed by atoms with van der Waals surface area (Å²) in [5.74, 6) is 0. The molecule has 1 heterocycles. The lowest BCUT2D eigenvalue weighted by Gasteiger charge is -2.32. The molecule has 1 aromatic rings. The fraction of sp³-hybridized carbons (Fsp3) is 0.600. The molecule has 3 nitrogen and oxygen atoms in total. The van der Waals surface area contributed by atoms with Crippen LogP contribution in [0.3, 0.4) is 0 Å². The van der Waals surface area contributed by atoms with E-state index < -0.39 is 5.60 Å². The zero-order chi connectivity index (χ0) is 12.7. The second-order valence-electron chi connectivity index (χ2n) is 5.12. The molecule has 0 unspecified atom stereocenters. The molecule has 0 bridgehead atoms. The number of rotatable bonds is 6. The predicted octanol–water partition coefficient (Wildman–Crippen LogP) is 1.75. The predicted molar refractivity (Wildman–Crippen MR) is 72.6 cm³/mol. The third-order valence-corrected chi connectivity index (χ3v) is 3.50. The number of benzene rings is 1. The van der Waals surface area contributed by atoms with Crippen LogP contribution in [0.15, 0.2) is 30.3 Å². The number of hydrogen-bond donors (Lipinski definition) is 2. The summed E-state index contributed by atoms with van der Waals surface area (Å²) >= 11 is 0. The molecule has 1 aromatic carbocycles. The van der Waals surface area contributed by atoms with Crippen LogP contribution in [0.1, 0.15) is 24.8 Å². The van der Waals surface area contributed by atoms with E-state index in [-0.39, 0.29) is 0 Å². The maximum atomic E-state index is 10.2. The van der Waals surface area contributed by atoms with E-state index >= 15 is 0 Å². The Morgan fingerprint density at radius 1 is 1.17 bits per heavy atom. The number of aryl methyl sites for hydroxylation is 1. The summed E-state index contributed by atoms with van der Waals surface area (Å²) in [4.78, 5) is 0. The fourth-order valence-electron chi connectivity index (χ4n) is 2.32. The highest BCUT2D eigenvalue weighted by atomic mass is 16.5. The molecule has 1 saturated heterocycles. The van der Waals surface area contributed by atoms with Gasteiger partial charge in [-0.2, -0.15) is 0 Å². The van der Waals surface area contributed by atoms with Gasteiger partial charge in [0.2, 0.25) is 0 Å². The highest BCUT2D eigenvalue weighted by molar-refractivity contribution is 5.14. The minimum atomic E-state index is -0.599. The van der Waals surface area contributed by atoms with Crippen molar-refractivity contribution < 1.29 is 9.84 Å². The molecule has 100 valence electrons. The Morgan fingerprint density at radius 3 is 2.61 bits per heavy atom. The lowest BCUT2D eigenvalue weighted by atomic mass is 9.94. The molecule has 2 N–H and O–H groups in total. The topological polar surface area (TPSA) is 41.5 Å². The molecule has 18 heavy (non-hydrogen) atoms. The molecule has 0 atom stereocenters.